The Labute approximate surface area is 160 Å². The molecule has 0 N–H and O–H groups in total. The molecule has 3 aromatic rings. The minimum absolute atomic E-state index is 0.710. The summed E-state index contributed by atoms with van der Waals surface area (Å²) in [6, 6.07) is 16.7. The fourth-order valence-corrected chi connectivity index (χ4v) is 3.55. The summed E-state index contributed by atoms with van der Waals surface area (Å²) < 4.78 is 2.11. The minimum Gasteiger partial charge on any atom is -0.338 e. The predicted octanol–water partition coefficient (Wildman–Crippen LogP) is 2.17. The molecule has 1 aliphatic rings. The van der Waals surface area contributed by atoms with Gasteiger partial charge in [-0.05, 0) is 24.1 Å². The second kappa shape index (κ2) is 8.31. The first-order chi connectivity index (χ1) is 13.3. The highest BCUT2D eigenvalue weighted by atomic mass is 15.4. The van der Waals surface area contributed by atoms with Gasteiger partial charge in [0.15, 0.2) is 0 Å². The first-order valence-electron chi connectivity index (χ1n) is 9.59. The molecule has 0 radical (unpaired) electrons. The number of nitrogens with zero attached hydrogens (tertiary/aromatic N) is 6. The molecule has 3 heterocycles. The molecule has 0 saturated carbocycles. The summed E-state index contributed by atoms with van der Waals surface area (Å²) >= 11 is 0. The number of aromatic nitrogens is 4. The van der Waals surface area contributed by atoms with Gasteiger partial charge in [-0.3, -0.25) is 9.88 Å². The highest BCUT2D eigenvalue weighted by Gasteiger charge is 2.21. The van der Waals surface area contributed by atoms with Crippen molar-refractivity contribution in [2.24, 2.45) is 7.05 Å². The van der Waals surface area contributed by atoms with Gasteiger partial charge >= 0.3 is 0 Å². The molecular formula is C21H26N6. The summed E-state index contributed by atoms with van der Waals surface area (Å²) in [5.41, 5.74) is 2.43. The Kier molecular flexibility index (Phi) is 5.44. The summed E-state index contributed by atoms with van der Waals surface area (Å²) in [6.07, 6.45) is 3.64. The Balaban J connectivity index is 1.32. The summed E-state index contributed by atoms with van der Waals surface area (Å²) in [5, 5.41) is 8.85. The fourth-order valence-electron chi connectivity index (χ4n) is 3.55. The van der Waals surface area contributed by atoms with E-state index in [1.54, 1.807) is 0 Å². The van der Waals surface area contributed by atoms with Crippen molar-refractivity contribution < 1.29 is 0 Å². The van der Waals surface area contributed by atoms with E-state index in [0.717, 1.165) is 56.6 Å². The molecule has 0 bridgehead atoms. The van der Waals surface area contributed by atoms with Crippen LogP contribution in [0.1, 0.15) is 17.1 Å². The Hall–Kier alpha value is -2.73. The molecule has 1 saturated heterocycles. The zero-order valence-electron chi connectivity index (χ0n) is 15.8. The number of rotatable bonds is 6. The van der Waals surface area contributed by atoms with E-state index in [1.807, 2.05) is 24.4 Å². The number of piperazine rings is 1. The number of hydrogen-bond donors (Lipinski definition) is 0. The molecule has 1 aliphatic heterocycles. The fraction of sp³-hybridized carbons (Fsp3) is 0.381. The maximum atomic E-state index is 4.45. The van der Waals surface area contributed by atoms with Crippen LogP contribution in [-0.2, 0) is 19.9 Å². The van der Waals surface area contributed by atoms with E-state index in [0.29, 0.717) is 6.42 Å². The van der Waals surface area contributed by atoms with Crippen LogP contribution in [-0.4, -0.2) is 57.4 Å². The normalized spacial score (nSPS) is 15.2. The van der Waals surface area contributed by atoms with Crippen LogP contribution in [0.4, 0.5) is 5.95 Å². The lowest BCUT2D eigenvalue weighted by molar-refractivity contribution is 0.259. The van der Waals surface area contributed by atoms with Crippen molar-refractivity contribution in [3.05, 3.63) is 71.8 Å². The molecule has 0 aliphatic carbocycles. The van der Waals surface area contributed by atoms with Crippen molar-refractivity contribution in [2.45, 2.75) is 12.8 Å². The SMILES string of the molecule is Cn1c(Cc2ccccn2)nnc1N1CCN(CCc2ccccc2)CC1. The topological polar surface area (TPSA) is 50.1 Å². The molecule has 0 unspecified atom stereocenters. The van der Waals surface area contributed by atoms with Gasteiger partial charge in [0.1, 0.15) is 5.82 Å². The average molecular weight is 362 g/mol. The molecule has 6 heteroatoms. The monoisotopic (exact) mass is 362 g/mol. The Morgan fingerprint density at radius 3 is 2.41 bits per heavy atom. The van der Waals surface area contributed by atoms with Crippen LogP contribution in [0.3, 0.4) is 0 Å². The number of pyridine rings is 1. The van der Waals surface area contributed by atoms with Gasteiger partial charge in [-0.1, -0.05) is 36.4 Å². The van der Waals surface area contributed by atoms with Crippen LogP contribution < -0.4 is 4.90 Å². The van der Waals surface area contributed by atoms with E-state index in [-0.39, 0.29) is 0 Å². The molecule has 140 valence electrons. The quantitative estimate of drug-likeness (QED) is 0.673. The van der Waals surface area contributed by atoms with Crippen LogP contribution in [0.5, 0.6) is 0 Å². The molecule has 0 spiro atoms. The molecule has 4 rings (SSSR count). The summed E-state index contributed by atoms with van der Waals surface area (Å²) in [6.45, 7) is 5.22. The predicted molar refractivity (Wildman–Crippen MR) is 107 cm³/mol. The van der Waals surface area contributed by atoms with Crippen molar-refractivity contribution in [3.8, 4) is 0 Å². The Bertz CT molecular complexity index is 838. The van der Waals surface area contributed by atoms with Crippen LogP contribution in [0.25, 0.3) is 0 Å². The summed E-state index contributed by atoms with van der Waals surface area (Å²) in [7, 11) is 2.05. The molecule has 1 fully saturated rings. The number of benzene rings is 1. The Morgan fingerprint density at radius 2 is 1.67 bits per heavy atom. The molecule has 2 aromatic heterocycles. The van der Waals surface area contributed by atoms with Crippen molar-refractivity contribution in [1.82, 2.24) is 24.6 Å². The van der Waals surface area contributed by atoms with E-state index in [9.17, 15) is 0 Å². The highest BCUT2D eigenvalue weighted by Crippen LogP contribution is 2.16. The molecule has 6 nitrogen and oxygen atoms in total. The first kappa shape index (κ1) is 17.7. The number of anilines is 1. The average Bonchev–Trinajstić information content (AvgIpc) is 3.09. The van der Waals surface area contributed by atoms with E-state index in [1.165, 1.54) is 5.56 Å². The van der Waals surface area contributed by atoms with E-state index in [4.69, 9.17) is 0 Å². The van der Waals surface area contributed by atoms with Gasteiger partial charge in [0.2, 0.25) is 5.95 Å². The minimum atomic E-state index is 0.710. The first-order valence-corrected chi connectivity index (χ1v) is 9.59. The van der Waals surface area contributed by atoms with Gasteiger partial charge in [0.05, 0.1) is 6.42 Å². The van der Waals surface area contributed by atoms with Crippen LogP contribution in [0, 0.1) is 0 Å². The third kappa shape index (κ3) is 4.34. The van der Waals surface area contributed by atoms with E-state index in [2.05, 4.69) is 66.9 Å². The van der Waals surface area contributed by atoms with Gasteiger partial charge in [-0.15, -0.1) is 10.2 Å². The van der Waals surface area contributed by atoms with E-state index < -0.39 is 0 Å². The molecule has 27 heavy (non-hydrogen) atoms. The van der Waals surface area contributed by atoms with Crippen molar-refractivity contribution >= 4 is 5.95 Å². The van der Waals surface area contributed by atoms with Crippen molar-refractivity contribution in [3.63, 3.8) is 0 Å². The van der Waals surface area contributed by atoms with Crippen LogP contribution >= 0.6 is 0 Å². The molecule has 0 amide bonds. The van der Waals surface area contributed by atoms with Gasteiger partial charge in [-0.25, -0.2) is 0 Å². The lowest BCUT2D eigenvalue weighted by Gasteiger charge is -2.35. The molecule has 0 atom stereocenters. The maximum Gasteiger partial charge on any atom is 0.227 e. The highest BCUT2D eigenvalue weighted by molar-refractivity contribution is 5.32. The summed E-state index contributed by atoms with van der Waals surface area (Å²) in [5.74, 6) is 1.92. The van der Waals surface area contributed by atoms with Gasteiger partial charge in [0, 0.05) is 51.7 Å². The summed E-state index contributed by atoms with van der Waals surface area (Å²) in [4.78, 5) is 9.27. The van der Waals surface area contributed by atoms with Crippen molar-refractivity contribution in [2.75, 3.05) is 37.6 Å². The lowest BCUT2D eigenvalue weighted by atomic mass is 10.1. The van der Waals surface area contributed by atoms with Gasteiger partial charge < -0.3 is 9.47 Å². The van der Waals surface area contributed by atoms with Gasteiger partial charge in [-0.2, -0.15) is 0 Å². The third-order valence-corrected chi connectivity index (χ3v) is 5.22. The van der Waals surface area contributed by atoms with Gasteiger partial charge in [0.25, 0.3) is 0 Å². The Morgan fingerprint density at radius 1 is 0.889 bits per heavy atom. The van der Waals surface area contributed by atoms with Crippen LogP contribution in [0.15, 0.2) is 54.7 Å². The van der Waals surface area contributed by atoms with Crippen molar-refractivity contribution in [1.29, 1.82) is 0 Å². The van der Waals surface area contributed by atoms with Crippen LogP contribution in [0.2, 0.25) is 0 Å². The largest absolute Gasteiger partial charge is 0.338 e. The second-order valence-electron chi connectivity index (χ2n) is 7.04. The zero-order chi connectivity index (χ0) is 18.5. The maximum absolute atomic E-state index is 4.45. The standard InChI is InChI=1S/C21H26N6/c1-25-20(17-19-9-5-6-11-22-19)23-24-21(25)27-15-13-26(14-16-27)12-10-18-7-3-2-4-8-18/h2-9,11H,10,12-17H2,1H3. The zero-order valence-corrected chi connectivity index (χ0v) is 15.8. The second-order valence-corrected chi connectivity index (χ2v) is 7.04. The smallest absolute Gasteiger partial charge is 0.227 e. The lowest BCUT2D eigenvalue weighted by Crippen LogP contribution is -2.47. The molecular weight excluding hydrogens is 336 g/mol. The van der Waals surface area contributed by atoms with E-state index >= 15 is 0 Å². The number of hydrogen-bond acceptors (Lipinski definition) is 5. The third-order valence-electron chi connectivity index (χ3n) is 5.22. The molecule has 1 aromatic carbocycles.